The standard InChI is InChI=1S/2C37H72BrNO3/c2*1-4-7-10-13-15-21-28-35(27-20-11-8-5-2)34-42-37(41)30-23-17-19-26-33-39(32-25-12-9-6-3)36(40)29-22-16-14-18-24-31-38/h2*35H,4-34H2,1-3H3. The first-order valence-corrected chi connectivity index (χ1v) is 39.4. The molecule has 0 heterocycles. The number of halogens is 2. The number of carbonyl (C=O) groups is 4. The Balaban J connectivity index is 0. The largest absolute Gasteiger partial charge is 0.465 e. The topological polar surface area (TPSA) is 93.2 Å². The molecule has 0 aliphatic rings. The van der Waals surface area contributed by atoms with Crippen LogP contribution in [0.5, 0.6) is 0 Å². The Morgan fingerprint density at radius 1 is 0.274 bits per heavy atom. The van der Waals surface area contributed by atoms with E-state index in [1.54, 1.807) is 0 Å². The SMILES string of the molecule is CCCCCCCCC(CCCCCC)COC(=O)CCCCCCN(CCCCCC)C(=O)CCCCCCCBr.CCCCCCCCC(CCCCCC)COC(=O)CCCCCCN(CCCCCC)C(=O)CCCCCCCBr. The molecule has 0 saturated heterocycles. The van der Waals surface area contributed by atoms with Crippen molar-refractivity contribution in [3.8, 4) is 0 Å². The van der Waals surface area contributed by atoms with Crippen LogP contribution in [0.25, 0.3) is 0 Å². The molecule has 0 aliphatic heterocycles. The second-order valence-corrected chi connectivity index (χ2v) is 27.1. The predicted molar refractivity (Wildman–Crippen MR) is 373 cm³/mol. The van der Waals surface area contributed by atoms with Crippen LogP contribution in [0.4, 0.5) is 0 Å². The van der Waals surface area contributed by atoms with Gasteiger partial charge in [0.2, 0.25) is 11.8 Å². The van der Waals surface area contributed by atoms with E-state index in [4.69, 9.17) is 9.47 Å². The number of carbonyl (C=O) groups excluding carboxylic acids is 4. The average molecular weight is 1320 g/mol. The molecule has 8 nitrogen and oxygen atoms in total. The summed E-state index contributed by atoms with van der Waals surface area (Å²) in [6.45, 7) is 18.3. The van der Waals surface area contributed by atoms with Gasteiger partial charge in [-0.3, -0.25) is 19.2 Å². The summed E-state index contributed by atoms with van der Waals surface area (Å²) in [7, 11) is 0. The fourth-order valence-electron chi connectivity index (χ4n) is 11.5. The molecule has 0 saturated carbocycles. The van der Waals surface area contributed by atoms with Crippen LogP contribution in [-0.4, -0.2) is 83.6 Å². The summed E-state index contributed by atoms with van der Waals surface area (Å²) in [5.41, 5.74) is 0. The molecule has 0 N–H and O–H groups in total. The van der Waals surface area contributed by atoms with Crippen molar-refractivity contribution in [3.63, 3.8) is 0 Å². The van der Waals surface area contributed by atoms with Crippen molar-refractivity contribution in [3.05, 3.63) is 0 Å². The summed E-state index contributed by atoms with van der Waals surface area (Å²) in [5, 5.41) is 2.16. The van der Waals surface area contributed by atoms with Crippen LogP contribution in [0.15, 0.2) is 0 Å². The van der Waals surface area contributed by atoms with Crippen LogP contribution in [-0.2, 0) is 28.7 Å². The Labute approximate surface area is 541 Å². The van der Waals surface area contributed by atoms with E-state index in [-0.39, 0.29) is 11.9 Å². The van der Waals surface area contributed by atoms with E-state index in [9.17, 15) is 19.2 Å². The van der Waals surface area contributed by atoms with Crippen molar-refractivity contribution in [1.82, 2.24) is 9.80 Å². The summed E-state index contributed by atoms with van der Waals surface area (Å²) in [6, 6.07) is 0. The number of ether oxygens (including phenoxy) is 2. The van der Waals surface area contributed by atoms with Crippen LogP contribution in [0.3, 0.4) is 0 Å². The van der Waals surface area contributed by atoms with E-state index in [1.165, 1.54) is 231 Å². The quantitative estimate of drug-likeness (QED) is 0.0342. The summed E-state index contributed by atoms with van der Waals surface area (Å²) in [6.07, 6.45) is 63.0. The van der Waals surface area contributed by atoms with Gasteiger partial charge in [0.05, 0.1) is 13.2 Å². The lowest BCUT2D eigenvalue weighted by Gasteiger charge is -2.23. The van der Waals surface area contributed by atoms with Gasteiger partial charge in [-0.15, -0.1) is 0 Å². The highest BCUT2D eigenvalue weighted by Crippen LogP contribution is 2.23. The molecule has 0 aromatic carbocycles. The van der Waals surface area contributed by atoms with Gasteiger partial charge in [-0.1, -0.05) is 305 Å². The van der Waals surface area contributed by atoms with E-state index in [0.29, 0.717) is 62.5 Å². The Morgan fingerprint density at radius 2 is 0.488 bits per heavy atom. The van der Waals surface area contributed by atoms with Gasteiger partial charge in [-0.25, -0.2) is 0 Å². The molecule has 84 heavy (non-hydrogen) atoms. The number of amides is 2. The summed E-state index contributed by atoms with van der Waals surface area (Å²) < 4.78 is 11.5. The first-order valence-electron chi connectivity index (χ1n) is 37.2. The van der Waals surface area contributed by atoms with Crippen molar-refractivity contribution in [1.29, 1.82) is 0 Å². The van der Waals surface area contributed by atoms with Gasteiger partial charge < -0.3 is 19.3 Å². The molecule has 0 aromatic rings. The summed E-state index contributed by atoms with van der Waals surface area (Å²) in [4.78, 5) is 55.0. The third kappa shape index (κ3) is 62.4. The molecule has 2 amide bonds. The van der Waals surface area contributed by atoms with E-state index < -0.39 is 0 Å². The zero-order chi connectivity index (χ0) is 61.9. The van der Waals surface area contributed by atoms with Gasteiger partial charge >= 0.3 is 11.9 Å². The highest BCUT2D eigenvalue weighted by molar-refractivity contribution is 9.09. The summed E-state index contributed by atoms with van der Waals surface area (Å²) >= 11 is 6.99. The normalized spacial score (nSPS) is 12.0. The highest BCUT2D eigenvalue weighted by atomic mass is 79.9. The zero-order valence-electron chi connectivity index (χ0n) is 57.1. The molecule has 0 aromatic heterocycles. The maximum absolute atomic E-state index is 12.9. The van der Waals surface area contributed by atoms with Crippen molar-refractivity contribution < 1.29 is 28.7 Å². The average Bonchev–Trinajstić information content (AvgIpc) is 3.55. The maximum atomic E-state index is 12.9. The second kappa shape index (κ2) is 70.9. The minimum atomic E-state index is -0.0135. The Kier molecular flexibility index (Phi) is 71.7. The third-order valence-electron chi connectivity index (χ3n) is 17.3. The molecule has 0 radical (unpaired) electrons. The highest BCUT2D eigenvalue weighted by Gasteiger charge is 2.17. The Morgan fingerprint density at radius 3 is 0.774 bits per heavy atom. The minimum Gasteiger partial charge on any atom is -0.465 e. The van der Waals surface area contributed by atoms with Gasteiger partial charge in [0, 0.05) is 62.5 Å². The van der Waals surface area contributed by atoms with Crippen molar-refractivity contribution in [2.45, 2.75) is 388 Å². The predicted octanol–water partition coefficient (Wildman–Crippen LogP) is 23.9. The molecule has 0 aliphatic carbocycles. The fraction of sp³-hybridized carbons (Fsp3) is 0.946. The van der Waals surface area contributed by atoms with Gasteiger partial charge in [0.15, 0.2) is 0 Å². The van der Waals surface area contributed by atoms with E-state index in [1.807, 2.05) is 0 Å². The van der Waals surface area contributed by atoms with Gasteiger partial charge in [-0.2, -0.15) is 0 Å². The molecule has 10 heteroatoms. The molecular weight excluding hydrogens is 1170 g/mol. The molecule has 0 rings (SSSR count). The molecular formula is C74H144Br2N2O6. The third-order valence-corrected chi connectivity index (χ3v) is 18.4. The minimum absolute atomic E-state index is 0.0135. The zero-order valence-corrected chi connectivity index (χ0v) is 60.3. The van der Waals surface area contributed by atoms with E-state index >= 15 is 0 Å². The van der Waals surface area contributed by atoms with Gasteiger partial charge in [0.1, 0.15) is 0 Å². The van der Waals surface area contributed by atoms with E-state index in [2.05, 4.69) is 83.2 Å². The Hall–Kier alpha value is -1.16. The molecule has 2 unspecified atom stereocenters. The van der Waals surface area contributed by atoms with Gasteiger partial charge in [0.25, 0.3) is 0 Å². The van der Waals surface area contributed by atoms with Crippen LogP contribution in [0.1, 0.15) is 388 Å². The first-order chi connectivity index (χ1) is 41.2. The number of unbranched alkanes of at least 4 members (excludes halogenated alkanes) is 36. The van der Waals surface area contributed by atoms with Crippen LogP contribution < -0.4 is 0 Å². The molecule has 0 bridgehead atoms. The van der Waals surface area contributed by atoms with E-state index in [0.717, 1.165) is 127 Å². The number of esters is 2. The summed E-state index contributed by atoms with van der Waals surface area (Å²) in [5.74, 6) is 1.74. The smallest absolute Gasteiger partial charge is 0.305 e. The monoisotopic (exact) mass is 1310 g/mol. The first kappa shape index (κ1) is 84.9. The van der Waals surface area contributed by atoms with Crippen LogP contribution in [0.2, 0.25) is 0 Å². The number of alkyl halides is 2. The molecule has 0 fully saturated rings. The van der Waals surface area contributed by atoms with Crippen LogP contribution in [0, 0.1) is 11.8 Å². The lowest BCUT2D eigenvalue weighted by atomic mass is 9.95. The molecule has 500 valence electrons. The lowest BCUT2D eigenvalue weighted by Crippen LogP contribution is -2.32. The second-order valence-electron chi connectivity index (χ2n) is 25.5. The van der Waals surface area contributed by atoms with Gasteiger partial charge in [-0.05, 0) is 102 Å². The fourth-order valence-corrected chi connectivity index (χ4v) is 12.3. The van der Waals surface area contributed by atoms with Crippen LogP contribution >= 0.6 is 31.9 Å². The lowest BCUT2D eigenvalue weighted by molar-refractivity contribution is -0.146. The number of nitrogens with zero attached hydrogens (tertiary/aromatic N) is 2. The molecule has 0 spiro atoms. The maximum Gasteiger partial charge on any atom is 0.305 e. The number of hydrogen-bond acceptors (Lipinski definition) is 6. The Bertz CT molecular complexity index is 1270. The van der Waals surface area contributed by atoms with Crippen molar-refractivity contribution in [2.75, 3.05) is 50.1 Å². The number of rotatable bonds is 66. The number of hydrogen-bond donors (Lipinski definition) is 0. The molecule has 2 atom stereocenters. The van der Waals surface area contributed by atoms with Crippen molar-refractivity contribution in [2.24, 2.45) is 11.8 Å². The van der Waals surface area contributed by atoms with Crippen molar-refractivity contribution >= 4 is 55.6 Å².